The third-order valence-electron chi connectivity index (χ3n) is 1.77. The van der Waals surface area contributed by atoms with Gasteiger partial charge in [-0.25, -0.2) is 9.78 Å². The smallest absolute Gasteiger partial charge is 0.371 e. The van der Waals surface area contributed by atoms with Gasteiger partial charge in [0, 0.05) is 5.56 Å². The van der Waals surface area contributed by atoms with E-state index in [2.05, 4.69) is 16.2 Å². The van der Waals surface area contributed by atoms with Gasteiger partial charge in [-0.05, 0) is 0 Å². The average Bonchev–Trinajstić information content (AvgIpc) is 2.68. The van der Waals surface area contributed by atoms with Gasteiger partial charge in [-0.3, -0.25) is 0 Å². The summed E-state index contributed by atoms with van der Waals surface area (Å²) in [6.07, 6.45) is 2.69. The minimum absolute atomic E-state index is 0.0937. The van der Waals surface area contributed by atoms with Gasteiger partial charge in [0.15, 0.2) is 0 Å². The standard InChI is InChI=1S/C10H7N2O2/c13-10(14)9-11-6-8(12-9)7-4-2-1-3-5-7/h1-5H,(H,11,12)(H,13,14). The van der Waals surface area contributed by atoms with Crippen molar-refractivity contribution in [3.05, 3.63) is 42.4 Å². The number of aromatic nitrogens is 2. The van der Waals surface area contributed by atoms with Crippen LogP contribution in [0.4, 0.5) is 0 Å². The van der Waals surface area contributed by atoms with Crippen LogP contribution >= 0.6 is 0 Å². The second kappa shape index (κ2) is 3.33. The van der Waals surface area contributed by atoms with Crippen LogP contribution in [0.3, 0.4) is 0 Å². The topological polar surface area (TPSA) is 66.0 Å². The first-order valence-electron chi connectivity index (χ1n) is 4.04. The minimum Gasteiger partial charge on any atom is -0.475 e. The minimum atomic E-state index is -1.08. The number of nitrogens with one attached hydrogen (secondary N) is 1. The summed E-state index contributed by atoms with van der Waals surface area (Å²) in [6, 6.07) is 9.29. The number of benzene rings is 1. The van der Waals surface area contributed by atoms with Crippen LogP contribution in [0.5, 0.6) is 0 Å². The summed E-state index contributed by atoms with van der Waals surface area (Å²) in [7, 11) is 0. The van der Waals surface area contributed by atoms with E-state index in [1.807, 2.05) is 30.3 Å². The fraction of sp³-hybridized carbons (Fsp3) is 0. The van der Waals surface area contributed by atoms with Crippen LogP contribution in [0.25, 0.3) is 11.3 Å². The largest absolute Gasteiger partial charge is 0.475 e. The zero-order valence-corrected chi connectivity index (χ0v) is 7.19. The molecule has 0 aliphatic carbocycles. The molecule has 0 bridgehead atoms. The summed E-state index contributed by atoms with van der Waals surface area (Å²) in [5.74, 6) is -1.17. The molecule has 2 rings (SSSR count). The fourth-order valence-electron chi connectivity index (χ4n) is 1.12. The van der Waals surface area contributed by atoms with Gasteiger partial charge < -0.3 is 10.1 Å². The van der Waals surface area contributed by atoms with Crippen molar-refractivity contribution in [2.24, 2.45) is 0 Å². The third kappa shape index (κ3) is 1.50. The van der Waals surface area contributed by atoms with Crippen molar-refractivity contribution in [1.82, 2.24) is 9.97 Å². The van der Waals surface area contributed by atoms with E-state index < -0.39 is 5.97 Å². The molecule has 2 aromatic rings. The van der Waals surface area contributed by atoms with Gasteiger partial charge >= 0.3 is 5.97 Å². The molecule has 0 unspecified atom stereocenters. The van der Waals surface area contributed by atoms with Gasteiger partial charge in [0.1, 0.15) is 0 Å². The van der Waals surface area contributed by atoms with Crippen LogP contribution in [0.2, 0.25) is 0 Å². The van der Waals surface area contributed by atoms with Crippen molar-refractivity contribution in [3.63, 3.8) is 0 Å². The first-order valence-corrected chi connectivity index (χ1v) is 4.04. The average molecular weight is 187 g/mol. The molecule has 69 valence electrons. The normalized spacial score (nSPS) is 10.0. The van der Waals surface area contributed by atoms with Crippen LogP contribution in [0.15, 0.2) is 30.3 Å². The van der Waals surface area contributed by atoms with Crippen LogP contribution < -0.4 is 0 Å². The number of hydrogen-bond donors (Lipinski definition) is 2. The van der Waals surface area contributed by atoms with E-state index in [9.17, 15) is 4.79 Å². The molecule has 0 aliphatic rings. The van der Waals surface area contributed by atoms with Gasteiger partial charge in [-0.15, -0.1) is 0 Å². The summed E-state index contributed by atoms with van der Waals surface area (Å²) in [5.41, 5.74) is 1.36. The van der Waals surface area contributed by atoms with Crippen molar-refractivity contribution >= 4 is 5.97 Å². The van der Waals surface area contributed by atoms with E-state index in [0.29, 0.717) is 5.69 Å². The van der Waals surface area contributed by atoms with Crippen molar-refractivity contribution in [3.8, 4) is 11.3 Å². The summed E-state index contributed by atoms with van der Waals surface area (Å²) < 4.78 is 0. The van der Waals surface area contributed by atoms with Gasteiger partial charge in [-0.2, -0.15) is 0 Å². The van der Waals surface area contributed by atoms with E-state index in [4.69, 9.17) is 5.11 Å². The third-order valence-corrected chi connectivity index (χ3v) is 1.77. The molecule has 1 aromatic carbocycles. The second-order valence-corrected chi connectivity index (χ2v) is 2.73. The van der Waals surface area contributed by atoms with E-state index in [1.165, 1.54) is 0 Å². The maximum absolute atomic E-state index is 10.5. The predicted molar refractivity (Wildman–Crippen MR) is 49.8 cm³/mol. The SMILES string of the molecule is O=C(O)c1nc(-c2ccccc2)[c][nH]1. The van der Waals surface area contributed by atoms with Crippen molar-refractivity contribution in [1.29, 1.82) is 0 Å². The van der Waals surface area contributed by atoms with Crippen molar-refractivity contribution in [2.75, 3.05) is 0 Å². The number of aromatic carboxylic acids is 1. The van der Waals surface area contributed by atoms with Gasteiger partial charge in [0.2, 0.25) is 5.82 Å². The molecular formula is C10H7N2O2. The number of nitrogens with zero attached hydrogens (tertiary/aromatic N) is 1. The second-order valence-electron chi connectivity index (χ2n) is 2.73. The number of rotatable bonds is 2. The lowest BCUT2D eigenvalue weighted by Gasteiger charge is -1.92. The Labute approximate surface area is 80.2 Å². The Kier molecular flexibility index (Phi) is 2.02. The highest BCUT2D eigenvalue weighted by Gasteiger charge is 2.09. The lowest BCUT2D eigenvalue weighted by molar-refractivity contribution is 0.0685. The monoisotopic (exact) mass is 187 g/mol. The molecule has 0 saturated carbocycles. The number of carbonyl (C=O) groups is 1. The molecule has 4 nitrogen and oxygen atoms in total. The first kappa shape index (κ1) is 8.50. The van der Waals surface area contributed by atoms with Crippen LogP contribution in [0.1, 0.15) is 10.6 Å². The summed E-state index contributed by atoms with van der Waals surface area (Å²) >= 11 is 0. The van der Waals surface area contributed by atoms with E-state index in [1.54, 1.807) is 0 Å². The zero-order chi connectivity index (χ0) is 9.97. The molecule has 14 heavy (non-hydrogen) atoms. The Bertz CT molecular complexity index is 448. The van der Waals surface area contributed by atoms with Gasteiger partial charge in [0.05, 0.1) is 11.9 Å². The van der Waals surface area contributed by atoms with Crippen molar-refractivity contribution in [2.45, 2.75) is 0 Å². The maximum Gasteiger partial charge on any atom is 0.371 e. The molecule has 1 heterocycles. The molecule has 4 heteroatoms. The fourth-order valence-corrected chi connectivity index (χ4v) is 1.12. The van der Waals surface area contributed by atoms with Crippen LogP contribution in [-0.2, 0) is 0 Å². The van der Waals surface area contributed by atoms with Crippen molar-refractivity contribution < 1.29 is 9.90 Å². The molecule has 0 spiro atoms. The number of hydrogen-bond acceptors (Lipinski definition) is 2. The van der Waals surface area contributed by atoms with Crippen LogP contribution in [0, 0.1) is 6.20 Å². The predicted octanol–water partition coefficient (Wildman–Crippen LogP) is 1.58. The quantitative estimate of drug-likeness (QED) is 0.750. The summed E-state index contributed by atoms with van der Waals surface area (Å²) in [5, 5.41) is 8.63. The lowest BCUT2D eigenvalue weighted by Crippen LogP contribution is -1.98. The first-order chi connectivity index (χ1) is 6.77. The number of carboxylic acids is 1. The van der Waals surface area contributed by atoms with Gasteiger partial charge in [0.25, 0.3) is 0 Å². The molecule has 0 aliphatic heterocycles. The Morgan fingerprint density at radius 1 is 1.36 bits per heavy atom. The molecule has 2 N–H and O–H groups in total. The molecule has 0 atom stereocenters. The molecule has 0 amide bonds. The van der Waals surface area contributed by atoms with E-state index in [-0.39, 0.29) is 5.82 Å². The molecule has 0 fully saturated rings. The molecule has 1 aromatic heterocycles. The molecule has 1 radical (unpaired) electrons. The van der Waals surface area contributed by atoms with E-state index >= 15 is 0 Å². The maximum atomic E-state index is 10.5. The van der Waals surface area contributed by atoms with Gasteiger partial charge in [-0.1, -0.05) is 30.3 Å². The number of imidazole rings is 1. The zero-order valence-electron chi connectivity index (χ0n) is 7.19. The Morgan fingerprint density at radius 3 is 2.64 bits per heavy atom. The van der Waals surface area contributed by atoms with E-state index in [0.717, 1.165) is 5.56 Å². The Hall–Kier alpha value is -2.10. The highest BCUT2D eigenvalue weighted by molar-refractivity contribution is 5.84. The summed E-state index contributed by atoms with van der Waals surface area (Å²) in [6.45, 7) is 0. The number of carboxylic acid groups (broad SMARTS) is 1. The highest BCUT2D eigenvalue weighted by Crippen LogP contribution is 2.15. The molecule has 0 saturated heterocycles. The summed E-state index contributed by atoms with van der Waals surface area (Å²) in [4.78, 5) is 16.9. The number of aromatic amines is 1. The Morgan fingerprint density at radius 2 is 2.07 bits per heavy atom. The van der Waals surface area contributed by atoms with Crippen LogP contribution in [-0.4, -0.2) is 21.0 Å². The Balaban J connectivity index is 2.39. The highest BCUT2D eigenvalue weighted by atomic mass is 16.4. The lowest BCUT2D eigenvalue weighted by atomic mass is 10.2. The number of H-pyrrole nitrogens is 1. The molecular weight excluding hydrogens is 180 g/mol.